The number of non-ortho nitro benzene ring substituents is 1. The van der Waals surface area contributed by atoms with Crippen LogP contribution in [0.5, 0.6) is 5.75 Å². The number of rotatable bonds is 16. The number of phenolic OH excluding ortho intramolecular Hbond substituents is 1. The van der Waals surface area contributed by atoms with Gasteiger partial charge in [0.2, 0.25) is 29.5 Å². The van der Waals surface area contributed by atoms with E-state index in [1.807, 2.05) is 0 Å². The first-order valence-corrected chi connectivity index (χ1v) is 16.5. The van der Waals surface area contributed by atoms with E-state index in [1.54, 1.807) is 12.1 Å². The summed E-state index contributed by atoms with van der Waals surface area (Å²) in [6.07, 6.45) is 2.36. The van der Waals surface area contributed by atoms with E-state index < -0.39 is 76.0 Å². The Bertz CT molecular complexity index is 1490. The molecule has 0 aliphatic carbocycles. The molecule has 1 saturated heterocycles. The fourth-order valence-corrected chi connectivity index (χ4v) is 5.63. The standard InChI is InChI=1S/C30H39N7O9S/c1-47(46)14-12-23(35-28(41)22(31)15-18-6-10-21(38)11-7-18)29(42)33-17-26(39)34-24(16-19-4-8-20(9-5-19)37(44)45)30(43)36-13-2-3-25(36)27(32)40/h4-11,22-25,38H,2-3,12-17,31H2,1H3,(H2,32,40)(H,33,42)(H,34,39)(H,35,41)/t22-,23+,24+,25-,47+/m1/s1. The number of primary amides is 1. The zero-order chi connectivity index (χ0) is 34.7. The molecule has 0 spiro atoms. The minimum Gasteiger partial charge on any atom is -0.508 e. The number of nitrogens with one attached hydrogen (secondary N) is 3. The van der Waals surface area contributed by atoms with Gasteiger partial charge in [0.15, 0.2) is 0 Å². The van der Waals surface area contributed by atoms with Crippen LogP contribution in [0.25, 0.3) is 0 Å². The van der Waals surface area contributed by atoms with Crippen LogP contribution in [0.3, 0.4) is 0 Å². The predicted molar refractivity (Wildman–Crippen MR) is 171 cm³/mol. The second-order valence-electron chi connectivity index (χ2n) is 11.2. The highest BCUT2D eigenvalue weighted by atomic mass is 32.2. The quantitative estimate of drug-likeness (QED) is 0.0911. The molecule has 5 amide bonds. The monoisotopic (exact) mass is 673 g/mol. The summed E-state index contributed by atoms with van der Waals surface area (Å²) in [5.74, 6) is -3.32. The van der Waals surface area contributed by atoms with E-state index in [0.29, 0.717) is 24.0 Å². The normalized spacial score (nSPS) is 16.7. The summed E-state index contributed by atoms with van der Waals surface area (Å²) in [5.41, 5.74) is 12.5. The number of nitro groups is 1. The molecule has 5 atom stereocenters. The lowest BCUT2D eigenvalue weighted by Crippen LogP contribution is -2.56. The van der Waals surface area contributed by atoms with Gasteiger partial charge in [-0.1, -0.05) is 24.3 Å². The number of hydrogen-bond acceptors (Lipinski definition) is 10. The number of likely N-dealkylation sites (tertiary alicyclic amines) is 1. The maximum absolute atomic E-state index is 13.5. The molecule has 0 saturated carbocycles. The topological polar surface area (TPSA) is 257 Å². The van der Waals surface area contributed by atoms with Gasteiger partial charge in [-0.15, -0.1) is 0 Å². The van der Waals surface area contributed by atoms with Crippen molar-refractivity contribution in [3.8, 4) is 5.75 Å². The average Bonchev–Trinajstić information content (AvgIpc) is 3.53. The fourth-order valence-electron chi connectivity index (χ4n) is 5.06. The molecule has 2 aromatic carbocycles. The minimum atomic E-state index is -1.30. The molecule has 1 heterocycles. The number of benzene rings is 2. The molecule has 47 heavy (non-hydrogen) atoms. The van der Waals surface area contributed by atoms with E-state index in [2.05, 4.69) is 16.0 Å². The van der Waals surface area contributed by atoms with Crippen molar-refractivity contribution < 1.29 is 38.2 Å². The smallest absolute Gasteiger partial charge is 0.269 e. The molecule has 17 heteroatoms. The number of carbonyl (C=O) groups excluding carboxylic acids is 5. The van der Waals surface area contributed by atoms with Crippen LogP contribution in [-0.4, -0.2) is 97.9 Å². The summed E-state index contributed by atoms with van der Waals surface area (Å²) >= 11 is 0. The molecule has 0 bridgehead atoms. The third-order valence-electron chi connectivity index (χ3n) is 7.56. The third-order valence-corrected chi connectivity index (χ3v) is 8.37. The van der Waals surface area contributed by atoms with Crippen LogP contribution < -0.4 is 27.4 Å². The summed E-state index contributed by atoms with van der Waals surface area (Å²) in [6, 6.07) is 7.22. The molecule has 16 nitrogen and oxygen atoms in total. The molecule has 8 N–H and O–H groups in total. The van der Waals surface area contributed by atoms with Crippen LogP contribution in [0.1, 0.15) is 30.4 Å². The molecule has 1 aliphatic heterocycles. The SMILES string of the molecule is C[S@](=O)CC[C@H](NC(=O)[C@H](N)Cc1ccc(O)cc1)C(=O)NCC(=O)N[C@@H](Cc1ccc([N+](=O)[O-])cc1)C(=O)N1CCC[C@@H]1C(N)=O. The van der Waals surface area contributed by atoms with E-state index in [4.69, 9.17) is 11.5 Å². The molecule has 1 aliphatic rings. The molecule has 0 unspecified atom stereocenters. The molecule has 2 aromatic rings. The van der Waals surface area contributed by atoms with Crippen molar-refractivity contribution in [3.05, 3.63) is 69.8 Å². The number of aromatic hydroxyl groups is 1. The van der Waals surface area contributed by atoms with Gasteiger partial charge in [-0.05, 0) is 48.9 Å². The van der Waals surface area contributed by atoms with Crippen LogP contribution in [0.2, 0.25) is 0 Å². The minimum absolute atomic E-state index is 0.0149. The summed E-state index contributed by atoms with van der Waals surface area (Å²) in [4.78, 5) is 76.1. The van der Waals surface area contributed by atoms with E-state index in [1.165, 1.54) is 47.6 Å². The highest BCUT2D eigenvalue weighted by Gasteiger charge is 2.37. The lowest BCUT2D eigenvalue weighted by atomic mass is 10.0. The Balaban J connectivity index is 1.68. The van der Waals surface area contributed by atoms with E-state index in [0.717, 1.165) is 0 Å². The number of carbonyl (C=O) groups is 5. The first-order valence-electron chi connectivity index (χ1n) is 14.8. The molecule has 3 rings (SSSR count). The summed E-state index contributed by atoms with van der Waals surface area (Å²) in [5, 5.41) is 28.0. The van der Waals surface area contributed by atoms with Crippen LogP contribution in [0.15, 0.2) is 48.5 Å². The Morgan fingerprint density at radius 1 is 1.00 bits per heavy atom. The maximum atomic E-state index is 13.5. The van der Waals surface area contributed by atoms with Crippen molar-refractivity contribution in [2.24, 2.45) is 11.5 Å². The average molecular weight is 674 g/mol. The highest BCUT2D eigenvalue weighted by molar-refractivity contribution is 7.84. The zero-order valence-corrected chi connectivity index (χ0v) is 26.6. The molecular formula is C30H39N7O9S. The van der Waals surface area contributed by atoms with E-state index in [-0.39, 0.29) is 43.0 Å². The number of hydrogen-bond donors (Lipinski definition) is 6. The second-order valence-corrected chi connectivity index (χ2v) is 12.7. The van der Waals surface area contributed by atoms with Crippen LogP contribution in [0, 0.1) is 10.1 Å². The fraction of sp³-hybridized carbons (Fsp3) is 0.433. The van der Waals surface area contributed by atoms with Crippen molar-refractivity contribution in [2.45, 2.75) is 56.3 Å². The second kappa shape index (κ2) is 17.1. The van der Waals surface area contributed by atoms with Gasteiger partial charge in [0.1, 0.15) is 23.9 Å². The largest absolute Gasteiger partial charge is 0.508 e. The Hall–Kier alpha value is -4.90. The van der Waals surface area contributed by atoms with Gasteiger partial charge in [0.05, 0.1) is 17.5 Å². The number of amides is 5. The predicted octanol–water partition coefficient (Wildman–Crippen LogP) is -1.26. The Morgan fingerprint density at radius 3 is 2.21 bits per heavy atom. The van der Waals surface area contributed by atoms with Crippen molar-refractivity contribution >= 4 is 46.0 Å². The van der Waals surface area contributed by atoms with Crippen molar-refractivity contribution in [1.29, 1.82) is 0 Å². The summed E-state index contributed by atoms with van der Waals surface area (Å²) in [7, 11) is -1.30. The van der Waals surface area contributed by atoms with Gasteiger partial charge in [0, 0.05) is 47.9 Å². The Kier molecular flexibility index (Phi) is 13.3. The van der Waals surface area contributed by atoms with Crippen LogP contribution >= 0.6 is 0 Å². The van der Waals surface area contributed by atoms with Gasteiger partial charge in [-0.3, -0.25) is 38.3 Å². The van der Waals surface area contributed by atoms with Crippen LogP contribution in [0.4, 0.5) is 5.69 Å². The number of nitrogens with zero attached hydrogens (tertiary/aromatic N) is 2. The van der Waals surface area contributed by atoms with Gasteiger partial charge in [0.25, 0.3) is 5.69 Å². The third kappa shape index (κ3) is 11.1. The summed E-state index contributed by atoms with van der Waals surface area (Å²) < 4.78 is 11.7. The first kappa shape index (κ1) is 36.6. The molecular weight excluding hydrogens is 634 g/mol. The first-order chi connectivity index (χ1) is 22.2. The Morgan fingerprint density at radius 2 is 1.62 bits per heavy atom. The van der Waals surface area contributed by atoms with Crippen molar-refractivity contribution in [1.82, 2.24) is 20.9 Å². The number of nitro benzene ring substituents is 1. The van der Waals surface area contributed by atoms with E-state index in [9.17, 15) is 43.4 Å². The van der Waals surface area contributed by atoms with Gasteiger partial charge < -0.3 is 37.4 Å². The maximum Gasteiger partial charge on any atom is 0.269 e. The Labute approximate surface area is 273 Å². The van der Waals surface area contributed by atoms with Crippen molar-refractivity contribution in [2.75, 3.05) is 25.1 Å². The number of nitrogens with two attached hydrogens (primary N) is 2. The number of phenols is 1. The van der Waals surface area contributed by atoms with Crippen molar-refractivity contribution in [3.63, 3.8) is 0 Å². The lowest BCUT2D eigenvalue weighted by Gasteiger charge is -2.28. The van der Waals surface area contributed by atoms with Gasteiger partial charge in [-0.2, -0.15) is 0 Å². The van der Waals surface area contributed by atoms with Crippen LogP contribution in [-0.2, 0) is 47.6 Å². The van der Waals surface area contributed by atoms with E-state index >= 15 is 0 Å². The highest BCUT2D eigenvalue weighted by Crippen LogP contribution is 2.20. The van der Waals surface area contributed by atoms with Gasteiger partial charge >= 0.3 is 0 Å². The molecule has 1 fully saturated rings. The molecule has 0 radical (unpaired) electrons. The lowest BCUT2D eigenvalue weighted by molar-refractivity contribution is -0.384. The molecule has 254 valence electrons. The van der Waals surface area contributed by atoms with Gasteiger partial charge in [-0.25, -0.2) is 0 Å². The summed E-state index contributed by atoms with van der Waals surface area (Å²) in [6.45, 7) is -0.353. The molecule has 0 aromatic heterocycles. The zero-order valence-electron chi connectivity index (χ0n) is 25.8.